The third-order valence-corrected chi connectivity index (χ3v) is 15.6. The number of nitrogens with zero attached hydrogens (tertiary/aromatic N) is 2. The van der Waals surface area contributed by atoms with Crippen molar-refractivity contribution in [3.8, 4) is 0 Å². The van der Waals surface area contributed by atoms with Crippen LogP contribution in [-0.2, 0) is 19.1 Å². The summed E-state index contributed by atoms with van der Waals surface area (Å²) < 4.78 is 6.03. The van der Waals surface area contributed by atoms with Crippen LogP contribution in [0, 0.1) is 56.7 Å². The fourth-order valence-corrected chi connectivity index (χ4v) is 12.7. The number of rotatable bonds is 4. The number of carbonyl (C=O) groups is 3. The Bertz CT molecular complexity index is 1260. The van der Waals surface area contributed by atoms with Crippen LogP contribution in [0.25, 0.3) is 0 Å². The number of amides is 1. The van der Waals surface area contributed by atoms with Gasteiger partial charge in [0.1, 0.15) is 6.10 Å². The number of hydrogen-bond acceptors (Lipinski definition) is 6. The minimum absolute atomic E-state index is 0.0504. The summed E-state index contributed by atoms with van der Waals surface area (Å²) in [4.78, 5) is 46.2. The summed E-state index contributed by atoms with van der Waals surface area (Å²) in [6.07, 6.45) is 9.64. The highest BCUT2D eigenvalue weighted by atomic mass is 16.5. The monoisotopic (exact) mass is 624 g/mol. The van der Waals surface area contributed by atoms with Crippen molar-refractivity contribution < 1.29 is 24.2 Å². The summed E-state index contributed by atoms with van der Waals surface area (Å²) in [6.45, 7) is 21.5. The minimum Gasteiger partial charge on any atom is -0.461 e. The molecule has 5 aliphatic carbocycles. The number of ether oxygens (including phenoxy) is 1. The summed E-state index contributed by atoms with van der Waals surface area (Å²) in [5.41, 5.74) is 0.190. The highest BCUT2D eigenvalue weighted by Crippen LogP contribution is 2.75. The van der Waals surface area contributed by atoms with Crippen LogP contribution >= 0.6 is 0 Å². The number of aliphatic hydroxyl groups excluding tert-OH is 1. The second-order valence-electron chi connectivity index (χ2n) is 17.6. The van der Waals surface area contributed by atoms with Gasteiger partial charge >= 0.3 is 5.97 Å². The van der Waals surface area contributed by atoms with Gasteiger partial charge < -0.3 is 14.7 Å². The number of hydrogen-bond donors (Lipinski definition) is 1. The van der Waals surface area contributed by atoms with Gasteiger partial charge in [0.2, 0.25) is 5.91 Å². The van der Waals surface area contributed by atoms with E-state index in [4.69, 9.17) is 4.74 Å². The van der Waals surface area contributed by atoms with Crippen molar-refractivity contribution in [2.75, 3.05) is 39.3 Å². The topological polar surface area (TPSA) is 87.2 Å². The first-order chi connectivity index (χ1) is 21.1. The second kappa shape index (κ2) is 11.2. The first-order valence-corrected chi connectivity index (χ1v) is 18.1. The molecule has 1 amide bonds. The van der Waals surface area contributed by atoms with Crippen LogP contribution in [0.15, 0.2) is 11.6 Å². The van der Waals surface area contributed by atoms with E-state index < -0.39 is 11.5 Å². The second-order valence-corrected chi connectivity index (χ2v) is 17.6. The molecule has 0 aromatic rings. The number of allylic oxidation sites excluding steroid dienone is 2. The Kier molecular flexibility index (Phi) is 8.24. The molecule has 0 bridgehead atoms. The number of carbonyl (C=O) groups excluding carboxylic acids is 3. The maximum absolute atomic E-state index is 14.8. The Morgan fingerprint density at radius 2 is 1.62 bits per heavy atom. The van der Waals surface area contributed by atoms with Gasteiger partial charge in [-0.2, -0.15) is 0 Å². The van der Waals surface area contributed by atoms with Crippen LogP contribution in [0.1, 0.15) is 107 Å². The predicted molar refractivity (Wildman–Crippen MR) is 175 cm³/mol. The van der Waals surface area contributed by atoms with E-state index >= 15 is 0 Å². The molecule has 0 radical (unpaired) electrons. The molecule has 5 fully saturated rings. The fraction of sp³-hybridized carbons (Fsp3) is 0.868. The lowest BCUT2D eigenvalue weighted by atomic mass is 9.33. The third-order valence-electron chi connectivity index (χ3n) is 15.6. The van der Waals surface area contributed by atoms with Gasteiger partial charge in [0.25, 0.3) is 0 Å². The molecule has 4 saturated carbocycles. The van der Waals surface area contributed by atoms with Gasteiger partial charge in [0, 0.05) is 45.6 Å². The predicted octanol–water partition coefficient (Wildman–Crippen LogP) is 5.89. The zero-order valence-electron chi connectivity index (χ0n) is 29.4. The molecule has 0 spiro atoms. The van der Waals surface area contributed by atoms with E-state index in [0.717, 1.165) is 38.8 Å². The maximum atomic E-state index is 14.8. The van der Waals surface area contributed by atoms with Crippen LogP contribution in [-0.4, -0.2) is 78.0 Å². The molecule has 11 atom stereocenters. The lowest BCUT2D eigenvalue weighted by molar-refractivity contribution is -0.218. The molecule has 6 aliphatic rings. The van der Waals surface area contributed by atoms with Gasteiger partial charge in [0.15, 0.2) is 5.78 Å². The zero-order valence-corrected chi connectivity index (χ0v) is 29.4. The smallest absolute Gasteiger partial charge is 0.302 e. The SMILES string of the molecule is CC(=O)O[C@@H]1CC[C@@]2(C)C(CC[C@]3(C)C2C(=O)C=C2C4[C@@H](C)[C@H](C)CC[C@]4(C)CC[C@]23C)[C@@]1(C)C(=O)N1CCN(CCO)CC1. The molecule has 7 nitrogen and oxygen atoms in total. The Balaban J connectivity index is 1.39. The van der Waals surface area contributed by atoms with Crippen molar-refractivity contribution in [3.05, 3.63) is 11.6 Å². The number of fused-ring (bicyclic) bond motifs is 7. The van der Waals surface area contributed by atoms with E-state index in [1.54, 1.807) is 0 Å². The standard InChI is InChI=1S/C38H60N2O5/c1-24-9-12-34(4)15-16-36(6)27(31(34)25(24)2)23-28(43)32-35(5)13-11-30(45-26(3)42)38(8,29(35)10-14-37(32,36)7)33(44)40-19-17-39(18-20-40)21-22-41/h23-25,29-32,41H,9-22H2,1-8H3/t24-,25+,29?,30-,31?,32?,34-,35+,36-,37-,38-/m1/s1. The van der Waals surface area contributed by atoms with Crippen LogP contribution in [0.5, 0.6) is 0 Å². The highest BCUT2D eigenvalue weighted by molar-refractivity contribution is 5.96. The van der Waals surface area contributed by atoms with E-state index in [1.807, 2.05) is 4.90 Å². The molecule has 1 aliphatic heterocycles. The lowest BCUT2D eigenvalue weighted by Gasteiger charge is -2.70. The Labute approximate surface area is 271 Å². The van der Waals surface area contributed by atoms with Crippen LogP contribution in [0.2, 0.25) is 0 Å². The average Bonchev–Trinajstić information content (AvgIpc) is 2.98. The van der Waals surface area contributed by atoms with Crippen molar-refractivity contribution in [2.24, 2.45) is 56.7 Å². The summed E-state index contributed by atoms with van der Waals surface area (Å²) in [7, 11) is 0. The van der Waals surface area contributed by atoms with Crippen molar-refractivity contribution in [1.29, 1.82) is 0 Å². The number of piperazine rings is 1. The number of β-amino-alcohol motifs (C(OH)–C–C–N with tert-alkyl or cyclic N) is 1. The number of ketones is 1. The van der Waals surface area contributed by atoms with E-state index in [9.17, 15) is 19.5 Å². The third kappa shape index (κ3) is 4.66. The molecule has 0 aromatic carbocycles. The first kappa shape index (κ1) is 33.2. The van der Waals surface area contributed by atoms with Crippen molar-refractivity contribution in [3.63, 3.8) is 0 Å². The van der Waals surface area contributed by atoms with Crippen molar-refractivity contribution in [1.82, 2.24) is 9.80 Å². The van der Waals surface area contributed by atoms with Crippen LogP contribution in [0.4, 0.5) is 0 Å². The van der Waals surface area contributed by atoms with Gasteiger partial charge in [0.05, 0.1) is 12.0 Å². The van der Waals surface area contributed by atoms with E-state index in [0.29, 0.717) is 43.8 Å². The van der Waals surface area contributed by atoms with Gasteiger partial charge in [-0.15, -0.1) is 0 Å². The Hall–Kier alpha value is -1.73. The van der Waals surface area contributed by atoms with Gasteiger partial charge in [-0.1, -0.05) is 47.1 Å². The van der Waals surface area contributed by atoms with Gasteiger partial charge in [-0.25, -0.2) is 0 Å². The quantitative estimate of drug-likeness (QED) is 0.393. The molecular formula is C38H60N2O5. The minimum atomic E-state index is -0.900. The van der Waals surface area contributed by atoms with Crippen molar-refractivity contribution in [2.45, 2.75) is 113 Å². The lowest BCUT2D eigenvalue weighted by Crippen LogP contribution is -2.69. The number of aliphatic hydroxyl groups is 1. The fourth-order valence-electron chi connectivity index (χ4n) is 12.7. The number of esters is 1. The zero-order chi connectivity index (χ0) is 32.7. The first-order valence-electron chi connectivity index (χ1n) is 18.1. The largest absolute Gasteiger partial charge is 0.461 e. The average molecular weight is 625 g/mol. The molecular weight excluding hydrogens is 564 g/mol. The summed E-state index contributed by atoms with van der Waals surface area (Å²) >= 11 is 0. The normalized spacial score (nSPS) is 48.3. The molecule has 7 heteroatoms. The molecule has 3 unspecified atom stereocenters. The highest BCUT2D eigenvalue weighted by Gasteiger charge is 2.72. The van der Waals surface area contributed by atoms with Gasteiger partial charge in [-0.3, -0.25) is 19.3 Å². The van der Waals surface area contributed by atoms with Crippen LogP contribution < -0.4 is 0 Å². The Morgan fingerprint density at radius 3 is 2.27 bits per heavy atom. The Morgan fingerprint density at radius 1 is 0.933 bits per heavy atom. The van der Waals surface area contributed by atoms with E-state index in [2.05, 4.69) is 59.4 Å². The van der Waals surface area contributed by atoms with Gasteiger partial charge in [-0.05, 0) is 110 Å². The molecule has 252 valence electrons. The molecule has 6 rings (SSSR count). The summed E-state index contributed by atoms with van der Waals surface area (Å²) in [5.74, 6) is 1.46. The van der Waals surface area contributed by atoms with E-state index in [1.165, 1.54) is 31.8 Å². The molecule has 1 saturated heterocycles. The molecule has 1 heterocycles. The van der Waals surface area contributed by atoms with Crippen LogP contribution in [0.3, 0.4) is 0 Å². The summed E-state index contributed by atoms with van der Waals surface area (Å²) in [6, 6.07) is 0. The molecule has 0 aromatic heterocycles. The summed E-state index contributed by atoms with van der Waals surface area (Å²) in [5, 5.41) is 9.43. The maximum Gasteiger partial charge on any atom is 0.302 e. The molecule has 1 N–H and O–H groups in total. The van der Waals surface area contributed by atoms with Crippen molar-refractivity contribution >= 4 is 17.7 Å². The molecule has 45 heavy (non-hydrogen) atoms. The van der Waals surface area contributed by atoms with E-state index in [-0.39, 0.29) is 57.8 Å².